The van der Waals surface area contributed by atoms with Crippen LogP contribution in [0.25, 0.3) is 16.7 Å². The van der Waals surface area contributed by atoms with Crippen molar-refractivity contribution in [3.63, 3.8) is 0 Å². The summed E-state index contributed by atoms with van der Waals surface area (Å²) in [6.45, 7) is -0.124. The van der Waals surface area contributed by atoms with Gasteiger partial charge in [-0.1, -0.05) is 6.07 Å². The minimum Gasteiger partial charge on any atom is -0.393 e. The number of hydrogen-bond acceptors (Lipinski definition) is 7. The van der Waals surface area contributed by atoms with Crippen LogP contribution in [0.15, 0.2) is 36.4 Å². The number of anilines is 3. The van der Waals surface area contributed by atoms with E-state index in [1.807, 2.05) is 36.4 Å². The van der Waals surface area contributed by atoms with Crippen molar-refractivity contribution in [3.8, 4) is 0 Å². The van der Waals surface area contributed by atoms with Gasteiger partial charge < -0.3 is 25.8 Å². The van der Waals surface area contributed by atoms with Gasteiger partial charge in [0.25, 0.3) is 0 Å². The summed E-state index contributed by atoms with van der Waals surface area (Å²) in [7, 11) is 0. The number of aromatic nitrogens is 5. The lowest BCUT2D eigenvalue weighted by Gasteiger charge is -2.26. The third-order valence-electron chi connectivity index (χ3n) is 5.35. The molecule has 5 rings (SSSR count). The molecule has 0 unspecified atom stereocenters. The molecule has 0 saturated heterocycles. The second-order valence-corrected chi connectivity index (χ2v) is 7.46. The van der Waals surface area contributed by atoms with E-state index >= 15 is 0 Å². The number of hydrogen-bond donors (Lipinski definition) is 5. The molecule has 9 heteroatoms. The molecule has 150 valence electrons. The summed E-state index contributed by atoms with van der Waals surface area (Å²) in [6, 6.07) is 11.9. The first kappa shape index (κ1) is 17.9. The van der Waals surface area contributed by atoms with Gasteiger partial charge in [-0.05, 0) is 56.0 Å². The minimum atomic E-state index is -0.174. The van der Waals surface area contributed by atoms with Gasteiger partial charge in [-0.3, -0.25) is 0 Å². The summed E-state index contributed by atoms with van der Waals surface area (Å²) in [4.78, 5) is 11.9. The molecule has 0 aliphatic heterocycles. The topological polar surface area (TPSA) is 123 Å². The van der Waals surface area contributed by atoms with Crippen molar-refractivity contribution in [2.75, 3.05) is 10.6 Å². The van der Waals surface area contributed by atoms with Crippen LogP contribution in [-0.4, -0.2) is 46.9 Å². The van der Waals surface area contributed by atoms with E-state index < -0.39 is 0 Å². The molecule has 4 aromatic rings. The highest BCUT2D eigenvalue weighted by Gasteiger charge is 2.20. The van der Waals surface area contributed by atoms with Crippen LogP contribution in [0.5, 0.6) is 0 Å². The highest BCUT2D eigenvalue weighted by Crippen LogP contribution is 2.24. The van der Waals surface area contributed by atoms with Crippen molar-refractivity contribution in [1.82, 2.24) is 24.6 Å². The van der Waals surface area contributed by atoms with Crippen molar-refractivity contribution >= 4 is 34.1 Å². The summed E-state index contributed by atoms with van der Waals surface area (Å²) in [5.41, 5.74) is 3.21. The summed E-state index contributed by atoms with van der Waals surface area (Å²) < 4.78 is 1.80. The van der Waals surface area contributed by atoms with E-state index in [9.17, 15) is 10.2 Å². The number of aliphatic hydroxyl groups excluding tert-OH is 2. The molecule has 3 aromatic heterocycles. The van der Waals surface area contributed by atoms with Gasteiger partial charge in [-0.15, -0.1) is 5.10 Å². The lowest BCUT2D eigenvalue weighted by atomic mass is 9.93. The molecule has 1 aliphatic rings. The second kappa shape index (κ2) is 7.34. The van der Waals surface area contributed by atoms with Crippen molar-refractivity contribution < 1.29 is 10.2 Å². The summed E-state index contributed by atoms with van der Waals surface area (Å²) in [5.74, 6) is 1.93. The molecule has 0 radical (unpaired) electrons. The highest BCUT2D eigenvalue weighted by molar-refractivity contribution is 5.80. The van der Waals surface area contributed by atoms with E-state index in [4.69, 9.17) is 0 Å². The molecule has 0 atom stereocenters. The molecule has 9 nitrogen and oxygen atoms in total. The third-order valence-corrected chi connectivity index (χ3v) is 5.35. The number of fused-ring (bicyclic) bond motifs is 2. The largest absolute Gasteiger partial charge is 0.393 e. The van der Waals surface area contributed by atoms with Crippen LogP contribution in [0.4, 0.5) is 17.5 Å². The van der Waals surface area contributed by atoms with E-state index in [-0.39, 0.29) is 12.7 Å². The van der Waals surface area contributed by atoms with E-state index in [0.717, 1.165) is 53.9 Å². The zero-order valence-electron chi connectivity index (χ0n) is 15.8. The number of nitrogens with zero attached hydrogens (tertiary/aromatic N) is 4. The van der Waals surface area contributed by atoms with Gasteiger partial charge in [0.05, 0.1) is 17.1 Å². The average molecular weight is 393 g/mol. The molecule has 0 bridgehead atoms. The van der Waals surface area contributed by atoms with Gasteiger partial charge in [0.2, 0.25) is 5.95 Å². The lowest BCUT2D eigenvalue weighted by Crippen LogP contribution is -2.29. The molecule has 1 saturated carbocycles. The second-order valence-electron chi connectivity index (χ2n) is 7.46. The van der Waals surface area contributed by atoms with E-state index in [0.29, 0.717) is 17.8 Å². The van der Waals surface area contributed by atoms with Crippen molar-refractivity contribution in [2.45, 2.75) is 44.4 Å². The van der Waals surface area contributed by atoms with E-state index in [1.54, 1.807) is 4.52 Å². The van der Waals surface area contributed by atoms with E-state index in [1.165, 1.54) is 0 Å². The van der Waals surface area contributed by atoms with Gasteiger partial charge in [-0.25, -0.2) is 4.98 Å². The van der Waals surface area contributed by atoms with Crippen LogP contribution in [-0.2, 0) is 6.61 Å². The van der Waals surface area contributed by atoms with Gasteiger partial charge in [-0.2, -0.15) is 9.50 Å². The van der Waals surface area contributed by atoms with Crippen LogP contribution >= 0.6 is 0 Å². The Hall–Kier alpha value is -3.17. The monoisotopic (exact) mass is 393 g/mol. The summed E-state index contributed by atoms with van der Waals surface area (Å²) in [6.07, 6.45) is 3.36. The Morgan fingerprint density at radius 3 is 2.79 bits per heavy atom. The summed E-state index contributed by atoms with van der Waals surface area (Å²) >= 11 is 0. The predicted molar refractivity (Wildman–Crippen MR) is 110 cm³/mol. The summed E-state index contributed by atoms with van der Waals surface area (Å²) in [5, 5.41) is 30.3. The number of nitrogens with one attached hydrogen (secondary N) is 3. The van der Waals surface area contributed by atoms with E-state index in [2.05, 4.69) is 30.7 Å². The molecule has 0 amide bonds. The minimum absolute atomic E-state index is 0.124. The maximum absolute atomic E-state index is 9.71. The zero-order chi connectivity index (χ0) is 19.8. The molecule has 1 fully saturated rings. The Labute approximate surface area is 166 Å². The predicted octanol–water partition coefficient (Wildman–Crippen LogP) is 2.56. The molecule has 1 aliphatic carbocycles. The Morgan fingerprint density at radius 1 is 1.10 bits per heavy atom. The number of imidazole rings is 1. The van der Waals surface area contributed by atoms with Gasteiger partial charge >= 0.3 is 0 Å². The number of pyridine rings is 1. The first-order valence-corrected chi connectivity index (χ1v) is 9.85. The van der Waals surface area contributed by atoms with Gasteiger partial charge in [0.15, 0.2) is 5.65 Å². The fourth-order valence-corrected chi connectivity index (χ4v) is 3.84. The molecule has 1 aromatic carbocycles. The van der Waals surface area contributed by atoms with Crippen molar-refractivity contribution in [3.05, 3.63) is 42.2 Å². The first-order valence-electron chi connectivity index (χ1n) is 9.85. The number of H-pyrrole nitrogens is 1. The van der Waals surface area contributed by atoms with Crippen LogP contribution < -0.4 is 10.6 Å². The highest BCUT2D eigenvalue weighted by atomic mass is 16.3. The van der Waals surface area contributed by atoms with Crippen LogP contribution in [0.1, 0.15) is 31.5 Å². The molecular formula is C20H23N7O2. The standard InChI is InChI=1S/C20H23N7O2/c28-11-17-23-15-9-6-13(10-16(15)24-17)22-20-25-19-3-1-2-18(27(19)26-20)21-12-4-7-14(29)8-5-12/h1-3,6,9-10,12,14,21,28-29H,4-5,7-8,11H2,(H,22,26)(H,23,24)/t12-,14+. The number of aromatic amines is 1. The first-order chi connectivity index (χ1) is 14.2. The van der Waals surface area contributed by atoms with Crippen molar-refractivity contribution in [2.24, 2.45) is 0 Å². The van der Waals surface area contributed by atoms with Crippen LogP contribution in [0.2, 0.25) is 0 Å². The number of benzene rings is 1. The Bertz CT molecular complexity index is 1140. The normalized spacial score (nSPS) is 19.7. The molecule has 3 heterocycles. The number of aliphatic hydroxyl groups is 2. The fourth-order valence-electron chi connectivity index (χ4n) is 3.84. The molecular weight excluding hydrogens is 370 g/mol. The Balaban J connectivity index is 1.38. The molecule has 0 spiro atoms. The quantitative estimate of drug-likeness (QED) is 0.353. The average Bonchev–Trinajstić information content (AvgIpc) is 3.33. The molecule has 29 heavy (non-hydrogen) atoms. The Morgan fingerprint density at radius 2 is 1.97 bits per heavy atom. The third kappa shape index (κ3) is 3.62. The van der Waals surface area contributed by atoms with Gasteiger partial charge in [0, 0.05) is 11.7 Å². The smallest absolute Gasteiger partial charge is 0.247 e. The SMILES string of the molecule is OCc1nc2ccc(Nc3nc4cccc(N[C@H]5CC[C@@H](O)CC5)n4n3)cc2[nH]1. The maximum atomic E-state index is 9.71. The lowest BCUT2D eigenvalue weighted by molar-refractivity contribution is 0.126. The van der Waals surface area contributed by atoms with Crippen molar-refractivity contribution in [1.29, 1.82) is 0 Å². The molecule has 5 N–H and O–H groups in total. The van der Waals surface area contributed by atoms with Crippen LogP contribution in [0.3, 0.4) is 0 Å². The fraction of sp³-hybridized carbons (Fsp3) is 0.350. The number of rotatable bonds is 5. The zero-order valence-corrected chi connectivity index (χ0v) is 15.8. The van der Waals surface area contributed by atoms with Gasteiger partial charge in [0.1, 0.15) is 18.2 Å². The maximum Gasteiger partial charge on any atom is 0.247 e. The van der Waals surface area contributed by atoms with Crippen LogP contribution in [0, 0.1) is 0 Å². The Kier molecular flexibility index (Phi) is 4.53.